The second kappa shape index (κ2) is 6.20. The molecular weight excluding hydrogens is 378 g/mol. The number of nitrogens with zero attached hydrogens (tertiary/aromatic N) is 1. The Kier molecular flexibility index (Phi) is 3.74. The van der Waals surface area contributed by atoms with E-state index in [2.05, 4.69) is 5.32 Å². The largest absolute Gasteiger partial charge is 0.494 e. The van der Waals surface area contributed by atoms with Gasteiger partial charge in [0.25, 0.3) is 5.91 Å². The molecule has 0 spiro atoms. The van der Waals surface area contributed by atoms with E-state index in [1.807, 2.05) is 12.2 Å². The number of amides is 1. The summed E-state index contributed by atoms with van der Waals surface area (Å²) in [6, 6.07) is 9.65. The third-order valence-corrected chi connectivity index (χ3v) is 5.61. The Hall–Kier alpha value is -3.61. The maximum Gasteiger partial charge on any atom is 0.255 e. The molecule has 0 fully saturated rings. The maximum atomic E-state index is 13.7. The van der Waals surface area contributed by atoms with Crippen LogP contribution in [0.5, 0.6) is 11.8 Å². The van der Waals surface area contributed by atoms with Gasteiger partial charge in [0.1, 0.15) is 0 Å². The van der Waals surface area contributed by atoms with E-state index in [0.717, 1.165) is 23.6 Å². The molecule has 2 bridgehead atoms. The number of fused-ring (bicyclic) bond motifs is 5. The summed E-state index contributed by atoms with van der Waals surface area (Å²) >= 11 is 0. The minimum Gasteiger partial charge on any atom is -0.494 e. The van der Waals surface area contributed by atoms with E-state index < -0.39 is 17.5 Å². The topological polar surface area (TPSA) is 74.5 Å². The first-order chi connectivity index (χ1) is 14.0. The Bertz CT molecular complexity index is 1150. The van der Waals surface area contributed by atoms with Crippen molar-refractivity contribution >= 4 is 11.6 Å². The summed E-state index contributed by atoms with van der Waals surface area (Å²) in [6.07, 6.45) is 4.94. The first-order valence-corrected chi connectivity index (χ1v) is 9.16. The number of carbonyl (C=O) groups is 1. The predicted octanol–water partition coefficient (Wildman–Crippen LogP) is 4.56. The number of aromatic nitrogens is 1. The third-order valence-electron chi connectivity index (χ3n) is 5.61. The van der Waals surface area contributed by atoms with Crippen LogP contribution < -0.4 is 5.32 Å². The van der Waals surface area contributed by atoms with Crippen LogP contribution in [-0.4, -0.2) is 20.7 Å². The van der Waals surface area contributed by atoms with Gasteiger partial charge in [0.15, 0.2) is 11.6 Å². The lowest BCUT2D eigenvalue weighted by Gasteiger charge is -2.11. The van der Waals surface area contributed by atoms with Crippen molar-refractivity contribution in [2.24, 2.45) is 0 Å². The fourth-order valence-electron chi connectivity index (χ4n) is 4.24. The van der Waals surface area contributed by atoms with Gasteiger partial charge in [-0.3, -0.25) is 9.36 Å². The van der Waals surface area contributed by atoms with E-state index in [1.54, 1.807) is 12.1 Å². The number of nitrogens with one attached hydrogen (secondary N) is 1. The van der Waals surface area contributed by atoms with Gasteiger partial charge in [0, 0.05) is 28.5 Å². The lowest BCUT2D eigenvalue weighted by molar-refractivity contribution is 0.102. The molecule has 0 saturated carbocycles. The van der Waals surface area contributed by atoms with Gasteiger partial charge in [-0.25, -0.2) is 8.78 Å². The summed E-state index contributed by atoms with van der Waals surface area (Å²) in [5.74, 6) is -2.58. The van der Waals surface area contributed by atoms with Crippen LogP contribution in [0.25, 0.3) is 5.69 Å². The molecular formula is C22H16F2N2O3. The molecule has 29 heavy (non-hydrogen) atoms. The Balaban J connectivity index is 1.43. The molecule has 5 rings (SSSR count). The summed E-state index contributed by atoms with van der Waals surface area (Å²) < 4.78 is 28.4. The number of benzene rings is 2. The molecule has 1 amide bonds. The SMILES string of the molecule is O=C(Nc1cccc(F)c1F)c1ccc(-n2c(O)c3c(c2O)[C@H]2C=C[C@@H]3C2)cc1. The molecule has 146 valence electrons. The molecule has 5 nitrogen and oxygen atoms in total. The van der Waals surface area contributed by atoms with Crippen molar-refractivity contribution in [1.82, 2.24) is 4.57 Å². The second-order valence-electron chi connectivity index (χ2n) is 7.25. The van der Waals surface area contributed by atoms with E-state index in [1.165, 1.54) is 28.8 Å². The van der Waals surface area contributed by atoms with E-state index in [9.17, 15) is 23.8 Å². The number of aromatic hydroxyl groups is 2. The smallest absolute Gasteiger partial charge is 0.255 e. The number of allylic oxidation sites excluding steroid dienone is 2. The normalized spacial score (nSPS) is 18.8. The highest BCUT2D eigenvalue weighted by Crippen LogP contribution is 2.57. The monoisotopic (exact) mass is 394 g/mol. The first kappa shape index (κ1) is 17.5. The van der Waals surface area contributed by atoms with Crippen LogP contribution in [0.3, 0.4) is 0 Å². The van der Waals surface area contributed by atoms with Crippen LogP contribution in [0, 0.1) is 11.6 Å². The van der Waals surface area contributed by atoms with Gasteiger partial charge in [-0.15, -0.1) is 0 Å². The molecule has 0 unspecified atom stereocenters. The van der Waals surface area contributed by atoms with Crippen molar-refractivity contribution < 1.29 is 23.8 Å². The van der Waals surface area contributed by atoms with Crippen LogP contribution in [0.1, 0.15) is 39.7 Å². The molecule has 1 heterocycles. The van der Waals surface area contributed by atoms with Crippen molar-refractivity contribution in [3.63, 3.8) is 0 Å². The molecule has 3 N–H and O–H groups in total. The third kappa shape index (κ3) is 2.54. The van der Waals surface area contributed by atoms with Crippen LogP contribution in [0.2, 0.25) is 0 Å². The van der Waals surface area contributed by atoms with Crippen LogP contribution in [-0.2, 0) is 0 Å². The van der Waals surface area contributed by atoms with Gasteiger partial charge in [0.05, 0.1) is 11.4 Å². The summed E-state index contributed by atoms with van der Waals surface area (Å²) in [5.41, 5.74) is 1.95. The number of carbonyl (C=O) groups excluding carboxylic acids is 1. The molecule has 0 radical (unpaired) electrons. The lowest BCUT2D eigenvalue weighted by Crippen LogP contribution is -2.13. The summed E-state index contributed by atoms with van der Waals surface area (Å²) in [4.78, 5) is 12.4. The lowest BCUT2D eigenvalue weighted by atomic mass is 10.0. The zero-order valence-electron chi connectivity index (χ0n) is 15.1. The zero-order valence-corrected chi connectivity index (χ0v) is 15.1. The van der Waals surface area contributed by atoms with Gasteiger partial charge in [-0.05, 0) is 42.8 Å². The van der Waals surface area contributed by atoms with Crippen molar-refractivity contribution in [1.29, 1.82) is 0 Å². The summed E-state index contributed by atoms with van der Waals surface area (Å²) in [7, 11) is 0. The molecule has 0 saturated heterocycles. The predicted molar refractivity (Wildman–Crippen MR) is 103 cm³/mol. The molecule has 7 heteroatoms. The molecule has 0 aliphatic heterocycles. The van der Waals surface area contributed by atoms with Crippen molar-refractivity contribution in [2.45, 2.75) is 18.3 Å². The Labute approximate surface area is 164 Å². The number of halogens is 2. The molecule has 2 aliphatic rings. The number of rotatable bonds is 3. The molecule has 3 aromatic rings. The maximum absolute atomic E-state index is 13.7. The van der Waals surface area contributed by atoms with Crippen LogP contribution in [0.4, 0.5) is 14.5 Å². The highest BCUT2D eigenvalue weighted by atomic mass is 19.2. The average molecular weight is 394 g/mol. The standard InChI is InChI=1S/C22H16F2N2O3/c23-15-2-1-3-16(19(15)24)25-20(27)11-6-8-14(9-7-11)26-21(28)17-12-4-5-13(10-12)18(17)22(26)29/h1-9,12-13,28-29H,10H2,(H,25,27)/t12-,13+. The Morgan fingerprint density at radius 3 is 2.21 bits per heavy atom. The van der Waals surface area contributed by atoms with E-state index in [4.69, 9.17) is 0 Å². The molecule has 2 aliphatic carbocycles. The van der Waals surface area contributed by atoms with Gasteiger partial charge in [0.2, 0.25) is 11.8 Å². The highest BCUT2D eigenvalue weighted by molar-refractivity contribution is 6.04. The number of anilines is 1. The Morgan fingerprint density at radius 2 is 1.59 bits per heavy atom. The van der Waals surface area contributed by atoms with E-state index in [0.29, 0.717) is 5.69 Å². The second-order valence-corrected chi connectivity index (χ2v) is 7.25. The average Bonchev–Trinajstić information content (AvgIpc) is 3.39. The molecule has 2 atom stereocenters. The van der Waals surface area contributed by atoms with Gasteiger partial charge >= 0.3 is 0 Å². The van der Waals surface area contributed by atoms with Crippen LogP contribution >= 0.6 is 0 Å². The van der Waals surface area contributed by atoms with E-state index in [-0.39, 0.29) is 34.8 Å². The van der Waals surface area contributed by atoms with Crippen molar-refractivity contribution in [3.05, 3.63) is 82.9 Å². The van der Waals surface area contributed by atoms with Gasteiger partial charge in [-0.2, -0.15) is 0 Å². The minimum absolute atomic E-state index is 0.00613. The summed E-state index contributed by atoms with van der Waals surface area (Å²) in [5, 5.41) is 23.6. The number of hydrogen-bond acceptors (Lipinski definition) is 3. The van der Waals surface area contributed by atoms with Crippen molar-refractivity contribution in [3.8, 4) is 17.4 Å². The fourth-order valence-corrected chi connectivity index (χ4v) is 4.24. The number of hydrogen-bond donors (Lipinski definition) is 3. The minimum atomic E-state index is -1.13. The van der Waals surface area contributed by atoms with Gasteiger partial charge in [-0.1, -0.05) is 18.2 Å². The van der Waals surface area contributed by atoms with Crippen LogP contribution in [0.15, 0.2) is 54.6 Å². The van der Waals surface area contributed by atoms with E-state index >= 15 is 0 Å². The Morgan fingerprint density at radius 1 is 0.966 bits per heavy atom. The quantitative estimate of drug-likeness (QED) is 0.570. The van der Waals surface area contributed by atoms with Gasteiger partial charge < -0.3 is 15.5 Å². The van der Waals surface area contributed by atoms with Crippen molar-refractivity contribution in [2.75, 3.05) is 5.32 Å². The highest BCUT2D eigenvalue weighted by Gasteiger charge is 2.41. The summed E-state index contributed by atoms with van der Waals surface area (Å²) in [6.45, 7) is 0. The zero-order chi connectivity index (χ0) is 20.3. The molecule has 2 aromatic carbocycles. The molecule has 1 aromatic heterocycles. The first-order valence-electron chi connectivity index (χ1n) is 9.16. The fraction of sp³-hybridized carbons (Fsp3) is 0.136.